The van der Waals surface area contributed by atoms with Crippen LogP contribution in [0.5, 0.6) is 0 Å². The Morgan fingerprint density at radius 2 is 1.76 bits per heavy atom. The molecule has 3 rings (SSSR count). The number of hydrogen-bond donors (Lipinski definition) is 0. The summed E-state index contributed by atoms with van der Waals surface area (Å²) in [5, 5.41) is 0. The van der Waals surface area contributed by atoms with E-state index in [4.69, 9.17) is 0 Å². The van der Waals surface area contributed by atoms with Crippen molar-refractivity contribution in [3.63, 3.8) is 0 Å². The van der Waals surface area contributed by atoms with Crippen LogP contribution in [0.1, 0.15) is 63.5 Å². The molecule has 0 spiro atoms. The molecule has 1 aliphatic rings. The van der Waals surface area contributed by atoms with Crippen molar-refractivity contribution in [2.45, 2.75) is 65.2 Å². The molecule has 0 bridgehead atoms. The molecule has 2 aromatic rings. The second-order valence-electron chi connectivity index (χ2n) is 8.06. The van der Waals surface area contributed by atoms with Gasteiger partial charge in [0.25, 0.3) is 0 Å². The molecule has 0 heterocycles. The van der Waals surface area contributed by atoms with Crippen LogP contribution in [-0.4, -0.2) is 0 Å². The van der Waals surface area contributed by atoms with Gasteiger partial charge in [-0.15, -0.1) is 0 Å². The summed E-state index contributed by atoms with van der Waals surface area (Å²) in [4.78, 5) is 0. The monoisotopic (exact) mass is 394 g/mol. The molecule has 0 fully saturated rings. The predicted octanol–water partition coefficient (Wildman–Crippen LogP) is 8.21. The maximum atomic E-state index is 14.6. The van der Waals surface area contributed by atoms with Crippen LogP contribution in [0.4, 0.5) is 8.78 Å². The maximum absolute atomic E-state index is 14.6. The highest BCUT2D eigenvalue weighted by molar-refractivity contribution is 5.65. The van der Waals surface area contributed by atoms with Gasteiger partial charge in [-0.1, -0.05) is 80.5 Å². The third kappa shape index (κ3) is 5.65. The van der Waals surface area contributed by atoms with Gasteiger partial charge in [0.05, 0.1) is 0 Å². The number of aryl methyl sites for hydroxylation is 2. The molecular weight excluding hydrogens is 362 g/mol. The van der Waals surface area contributed by atoms with Gasteiger partial charge in [-0.2, -0.15) is 0 Å². The highest BCUT2D eigenvalue weighted by Crippen LogP contribution is 2.29. The van der Waals surface area contributed by atoms with Gasteiger partial charge in [-0.3, -0.25) is 0 Å². The first kappa shape index (κ1) is 21.5. The van der Waals surface area contributed by atoms with Crippen molar-refractivity contribution >= 4 is 0 Å². The smallest absolute Gasteiger partial charge is 0.166 e. The van der Waals surface area contributed by atoms with E-state index >= 15 is 0 Å². The fraction of sp³-hybridized carbons (Fsp3) is 0.407. The van der Waals surface area contributed by atoms with E-state index in [1.165, 1.54) is 31.2 Å². The summed E-state index contributed by atoms with van der Waals surface area (Å²) in [5.41, 5.74) is 4.29. The van der Waals surface area contributed by atoms with Crippen LogP contribution in [0, 0.1) is 17.6 Å². The van der Waals surface area contributed by atoms with Crippen LogP contribution in [0.3, 0.4) is 0 Å². The Hall–Kier alpha value is -2.22. The molecule has 29 heavy (non-hydrogen) atoms. The number of hydrogen-bond acceptors (Lipinski definition) is 0. The van der Waals surface area contributed by atoms with Gasteiger partial charge >= 0.3 is 0 Å². The molecule has 2 aromatic carbocycles. The van der Waals surface area contributed by atoms with E-state index in [2.05, 4.69) is 32.1 Å². The van der Waals surface area contributed by atoms with E-state index in [1.54, 1.807) is 17.7 Å². The average Bonchev–Trinajstić information content (AvgIpc) is 2.75. The second kappa shape index (κ2) is 10.5. The Morgan fingerprint density at radius 1 is 0.966 bits per heavy atom. The van der Waals surface area contributed by atoms with E-state index in [1.807, 2.05) is 24.3 Å². The van der Waals surface area contributed by atoms with Crippen LogP contribution in [0.2, 0.25) is 0 Å². The Morgan fingerprint density at radius 3 is 2.41 bits per heavy atom. The third-order valence-corrected chi connectivity index (χ3v) is 5.94. The Balaban J connectivity index is 1.58. The van der Waals surface area contributed by atoms with Gasteiger partial charge in [0.1, 0.15) is 0 Å². The summed E-state index contributed by atoms with van der Waals surface area (Å²) in [6.07, 6.45) is 14.9. The SMILES string of the molecule is CCCC1=CCC(/C=C/CCc2ccc(-c3ccc(CC)cc3)c(F)c2F)CC1. The molecule has 0 N–H and O–H groups in total. The quantitative estimate of drug-likeness (QED) is 0.396. The van der Waals surface area contributed by atoms with Gasteiger partial charge in [0, 0.05) is 5.56 Å². The molecule has 0 aromatic heterocycles. The zero-order valence-electron chi connectivity index (χ0n) is 17.7. The minimum atomic E-state index is -0.739. The summed E-state index contributed by atoms with van der Waals surface area (Å²) in [6.45, 7) is 4.30. The number of benzene rings is 2. The van der Waals surface area contributed by atoms with E-state index in [9.17, 15) is 8.78 Å². The van der Waals surface area contributed by atoms with Crippen molar-refractivity contribution in [2.24, 2.45) is 5.92 Å². The van der Waals surface area contributed by atoms with Gasteiger partial charge in [0.2, 0.25) is 0 Å². The fourth-order valence-corrected chi connectivity index (χ4v) is 4.08. The predicted molar refractivity (Wildman–Crippen MR) is 119 cm³/mol. The summed E-state index contributed by atoms with van der Waals surface area (Å²) in [5.74, 6) is -0.859. The first-order valence-electron chi connectivity index (χ1n) is 11.0. The Bertz CT molecular complexity index is 859. The second-order valence-corrected chi connectivity index (χ2v) is 8.06. The highest BCUT2D eigenvalue weighted by atomic mass is 19.2. The molecule has 2 heteroatoms. The molecule has 154 valence electrons. The van der Waals surface area contributed by atoms with Gasteiger partial charge in [-0.25, -0.2) is 8.78 Å². The Labute approximate surface area is 174 Å². The molecular formula is C27H32F2. The van der Waals surface area contributed by atoms with Gasteiger partial charge in [0.15, 0.2) is 11.6 Å². The van der Waals surface area contributed by atoms with E-state index in [0.29, 0.717) is 23.5 Å². The van der Waals surface area contributed by atoms with Crippen molar-refractivity contribution in [1.82, 2.24) is 0 Å². The molecule has 0 saturated carbocycles. The van der Waals surface area contributed by atoms with E-state index in [-0.39, 0.29) is 0 Å². The Kier molecular flexibility index (Phi) is 7.80. The summed E-state index contributed by atoms with van der Waals surface area (Å²) >= 11 is 0. The molecule has 1 aliphatic carbocycles. The average molecular weight is 395 g/mol. The zero-order chi connectivity index (χ0) is 20.6. The van der Waals surface area contributed by atoms with Crippen LogP contribution in [-0.2, 0) is 12.8 Å². The molecule has 0 amide bonds. The molecule has 0 radical (unpaired) electrons. The number of rotatable bonds is 8. The van der Waals surface area contributed by atoms with E-state index < -0.39 is 11.6 Å². The van der Waals surface area contributed by atoms with Gasteiger partial charge in [-0.05, 0) is 67.6 Å². The minimum Gasteiger partial charge on any atom is -0.203 e. The summed E-state index contributed by atoms with van der Waals surface area (Å²) < 4.78 is 29.2. The first-order chi connectivity index (χ1) is 14.1. The lowest BCUT2D eigenvalue weighted by Crippen LogP contribution is -2.03. The minimum absolute atomic E-state index is 0.335. The maximum Gasteiger partial charge on any atom is 0.166 e. The number of allylic oxidation sites excluding steroid dienone is 4. The third-order valence-electron chi connectivity index (χ3n) is 5.94. The molecule has 0 saturated heterocycles. The zero-order valence-corrected chi connectivity index (χ0v) is 17.7. The van der Waals surface area contributed by atoms with Crippen molar-refractivity contribution in [3.8, 4) is 11.1 Å². The lowest BCUT2D eigenvalue weighted by molar-refractivity contribution is 0.501. The van der Waals surface area contributed by atoms with Crippen LogP contribution < -0.4 is 0 Å². The molecule has 1 atom stereocenters. The van der Waals surface area contributed by atoms with Crippen molar-refractivity contribution in [1.29, 1.82) is 0 Å². The topological polar surface area (TPSA) is 0 Å². The standard InChI is InChI=1S/C27H32F2/c1-3-7-21-10-12-22(13-11-21)8-5-6-9-24-18-19-25(27(29)26(24)28)23-16-14-20(4-2)15-17-23/h5,8,10,14-19,22H,3-4,6-7,9,11-13H2,1-2H3/b8-5+. The van der Waals surface area contributed by atoms with Crippen LogP contribution in [0.15, 0.2) is 60.2 Å². The lowest BCUT2D eigenvalue weighted by atomic mass is 9.87. The van der Waals surface area contributed by atoms with Crippen LogP contribution in [0.25, 0.3) is 11.1 Å². The largest absolute Gasteiger partial charge is 0.203 e. The van der Waals surface area contributed by atoms with Crippen molar-refractivity contribution in [2.75, 3.05) is 0 Å². The van der Waals surface area contributed by atoms with Gasteiger partial charge < -0.3 is 0 Å². The normalized spacial score (nSPS) is 17.0. The first-order valence-corrected chi connectivity index (χ1v) is 11.0. The van der Waals surface area contributed by atoms with E-state index in [0.717, 1.165) is 24.8 Å². The fourth-order valence-electron chi connectivity index (χ4n) is 4.08. The number of halogens is 2. The van der Waals surface area contributed by atoms with Crippen LogP contribution >= 0.6 is 0 Å². The van der Waals surface area contributed by atoms with Crippen molar-refractivity contribution < 1.29 is 8.78 Å². The molecule has 1 unspecified atom stereocenters. The molecule has 0 aliphatic heterocycles. The van der Waals surface area contributed by atoms with Crippen molar-refractivity contribution in [3.05, 3.63) is 83.0 Å². The summed E-state index contributed by atoms with van der Waals surface area (Å²) in [7, 11) is 0. The summed E-state index contributed by atoms with van der Waals surface area (Å²) in [6, 6.07) is 11.1. The molecule has 0 nitrogen and oxygen atoms in total. The lowest BCUT2D eigenvalue weighted by Gasteiger charge is -2.18. The highest BCUT2D eigenvalue weighted by Gasteiger charge is 2.15.